The molecule has 1 fully saturated rings. The lowest BCUT2D eigenvalue weighted by atomic mass is 9.80. The Hall–Kier alpha value is -1.36. The maximum Gasteiger partial charge on any atom is 0.221 e. The molecule has 5 nitrogen and oxygen atoms in total. The number of nitrogens with zero attached hydrogens (tertiary/aromatic N) is 2. The van der Waals surface area contributed by atoms with Crippen molar-refractivity contribution in [1.29, 1.82) is 0 Å². The van der Waals surface area contributed by atoms with Gasteiger partial charge in [0.1, 0.15) is 5.82 Å². The van der Waals surface area contributed by atoms with Crippen molar-refractivity contribution < 1.29 is 5.11 Å². The van der Waals surface area contributed by atoms with Crippen LogP contribution in [-0.2, 0) is 0 Å². The molecule has 0 aliphatic heterocycles. The van der Waals surface area contributed by atoms with Crippen LogP contribution in [0.5, 0.6) is 0 Å². The highest BCUT2D eigenvalue weighted by atomic mass is 16.3. The second kappa shape index (κ2) is 3.66. The Bertz CT molecular complexity index is 362. The van der Waals surface area contributed by atoms with Gasteiger partial charge in [-0.05, 0) is 26.2 Å². The molecule has 1 aliphatic carbocycles. The van der Waals surface area contributed by atoms with Crippen molar-refractivity contribution in [3.05, 3.63) is 11.8 Å². The SMILES string of the molecule is Cc1cnc(N)nc1NCC1(O)CCC1. The zero-order valence-electron chi connectivity index (χ0n) is 8.82. The molecule has 0 spiro atoms. The first-order valence-electron chi connectivity index (χ1n) is 5.14. The lowest BCUT2D eigenvalue weighted by Crippen LogP contribution is -2.43. The van der Waals surface area contributed by atoms with Crippen LogP contribution in [0.1, 0.15) is 24.8 Å². The fourth-order valence-electron chi connectivity index (χ4n) is 1.64. The van der Waals surface area contributed by atoms with Crippen LogP contribution in [0.15, 0.2) is 6.20 Å². The molecule has 5 heteroatoms. The van der Waals surface area contributed by atoms with Crippen molar-refractivity contribution in [3.63, 3.8) is 0 Å². The van der Waals surface area contributed by atoms with Crippen molar-refractivity contribution in [1.82, 2.24) is 9.97 Å². The van der Waals surface area contributed by atoms with Crippen LogP contribution in [0, 0.1) is 6.92 Å². The van der Waals surface area contributed by atoms with E-state index in [9.17, 15) is 5.11 Å². The topological polar surface area (TPSA) is 84.1 Å². The van der Waals surface area contributed by atoms with E-state index in [1.807, 2.05) is 6.92 Å². The highest BCUT2D eigenvalue weighted by molar-refractivity contribution is 5.45. The minimum absolute atomic E-state index is 0.253. The van der Waals surface area contributed by atoms with E-state index in [0.717, 1.165) is 24.8 Å². The molecule has 82 valence electrons. The van der Waals surface area contributed by atoms with Crippen molar-refractivity contribution >= 4 is 11.8 Å². The number of anilines is 2. The second-order valence-corrected chi connectivity index (χ2v) is 4.19. The quantitative estimate of drug-likeness (QED) is 0.680. The molecular formula is C10H16N4O. The first-order chi connectivity index (χ1) is 7.09. The fourth-order valence-corrected chi connectivity index (χ4v) is 1.64. The number of hydrogen-bond donors (Lipinski definition) is 3. The molecule has 0 saturated heterocycles. The normalized spacial score (nSPS) is 18.3. The van der Waals surface area contributed by atoms with Gasteiger partial charge in [0.2, 0.25) is 5.95 Å². The third kappa shape index (κ3) is 2.18. The van der Waals surface area contributed by atoms with Gasteiger partial charge in [-0.15, -0.1) is 0 Å². The summed E-state index contributed by atoms with van der Waals surface area (Å²) in [5.41, 5.74) is 5.88. The van der Waals surface area contributed by atoms with Gasteiger partial charge in [-0.3, -0.25) is 0 Å². The number of aliphatic hydroxyl groups is 1. The van der Waals surface area contributed by atoms with Gasteiger partial charge in [0, 0.05) is 18.3 Å². The molecule has 0 unspecified atom stereocenters. The molecular weight excluding hydrogens is 192 g/mol. The third-order valence-electron chi connectivity index (χ3n) is 2.86. The summed E-state index contributed by atoms with van der Waals surface area (Å²) in [4.78, 5) is 7.96. The molecule has 1 aliphatic rings. The maximum absolute atomic E-state index is 9.89. The van der Waals surface area contributed by atoms with Gasteiger partial charge in [-0.2, -0.15) is 4.98 Å². The molecule has 4 N–H and O–H groups in total. The zero-order valence-corrected chi connectivity index (χ0v) is 8.82. The molecule has 1 aromatic heterocycles. The molecule has 2 rings (SSSR count). The second-order valence-electron chi connectivity index (χ2n) is 4.19. The molecule has 0 aromatic carbocycles. The van der Waals surface area contributed by atoms with E-state index in [1.54, 1.807) is 6.20 Å². The lowest BCUT2D eigenvalue weighted by molar-refractivity contribution is -0.0202. The van der Waals surface area contributed by atoms with Crippen LogP contribution in [0.3, 0.4) is 0 Å². The summed E-state index contributed by atoms with van der Waals surface area (Å²) < 4.78 is 0. The third-order valence-corrected chi connectivity index (χ3v) is 2.86. The first kappa shape index (κ1) is 10.2. The van der Waals surface area contributed by atoms with Crippen molar-refractivity contribution in [3.8, 4) is 0 Å². The molecule has 1 aromatic rings. The molecule has 0 atom stereocenters. The van der Waals surface area contributed by atoms with E-state index >= 15 is 0 Å². The molecule has 1 saturated carbocycles. The van der Waals surface area contributed by atoms with Crippen molar-refractivity contribution in [2.75, 3.05) is 17.6 Å². The van der Waals surface area contributed by atoms with Gasteiger partial charge in [-0.25, -0.2) is 4.98 Å². The average Bonchev–Trinajstić information content (AvgIpc) is 2.17. The minimum atomic E-state index is -0.549. The summed E-state index contributed by atoms with van der Waals surface area (Å²) >= 11 is 0. The van der Waals surface area contributed by atoms with Crippen LogP contribution in [-0.4, -0.2) is 27.2 Å². The van der Waals surface area contributed by atoms with E-state index < -0.39 is 5.60 Å². The van der Waals surface area contributed by atoms with Crippen molar-refractivity contribution in [2.24, 2.45) is 0 Å². The molecule has 0 bridgehead atoms. The Labute approximate surface area is 88.7 Å². The molecule has 15 heavy (non-hydrogen) atoms. The number of hydrogen-bond acceptors (Lipinski definition) is 5. The summed E-state index contributed by atoms with van der Waals surface area (Å²) in [6.07, 6.45) is 4.50. The Morgan fingerprint density at radius 3 is 2.93 bits per heavy atom. The Balaban J connectivity index is 2.01. The Morgan fingerprint density at radius 1 is 1.60 bits per heavy atom. The van der Waals surface area contributed by atoms with Gasteiger partial charge in [0.25, 0.3) is 0 Å². The highest BCUT2D eigenvalue weighted by Crippen LogP contribution is 2.31. The highest BCUT2D eigenvalue weighted by Gasteiger charge is 2.34. The Kier molecular flexibility index (Phi) is 2.48. The predicted molar refractivity (Wildman–Crippen MR) is 58.5 cm³/mol. The number of nitrogens with two attached hydrogens (primary N) is 1. The largest absolute Gasteiger partial charge is 0.388 e. The van der Waals surface area contributed by atoms with E-state index in [2.05, 4.69) is 15.3 Å². The number of aromatic nitrogens is 2. The number of rotatable bonds is 3. The standard InChI is InChI=1S/C10H16N4O/c1-7-5-12-9(11)14-8(7)13-6-10(15)3-2-4-10/h5,15H,2-4,6H2,1H3,(H3,11,12,13,14). The molecule has 0 radical (unpaired) electrons. The van der Waals surface area contributed by atoms with E-state index in [0.29, 0.717) is 12.4 Å². The van der Waals surface area contributed by atoms with E-state index in [-0.39, 0.29) is 5.95 Å². The van der Waals surface area contributed by atoms with Crippen LogP contribution in [0.2, 0.25) is 0 Å². The zero-order chi connectivity index (χ0) is 10.9. The molecule has 0 amide bonds. The minimum Gasteiger partial charge on any atom is -0.388 e. The van der Waals surface area contributed by atoms with E-state index in [1.165, 1.54) is 0 Å². The van der Waals surface area contributed by atoms with Gasteiger partial charge in [0.05, 0.1) is 5.60 Å². The first-order valence-corrected chi connectivity index (χ1v) is 5.14. The molecule has 1 heterocycles. The van der Waals surface area contributed by atoms with Crippen LogP contribution >= 0.6 is 0 Å². The van der Waals surface area contributed by atoms with Crippen LogP contribution in [0.4, 0.5) is 11.8 Å². The van der Waals surface area contributed by atoms with Crippen LogP contribution < -0.4 is 11.1 Å². The number of nitrogen functional groups attached to an aromatic ring is 1. The number of aryl methyl sites for hydroxylation is 1. The summed E-state index contributed by atoms with van der Waals surface area (Å²) in [5.74, 6) is 0.964. The van der Waals surface area contributed by atoms with Gasteiger partial charge < -0.3 is 16.2 Å². The van der Waals surface area contributed by atoms with Gasteiger partial charge in [0.15, 0.2) is 0 Å². The predicted octanol–water partition coefficient (Wildman–Crippen LogP) is 0.694. The smallest absolute Gasteiger partial charge is 0.221 e. The monoisotopic (exact) mass is 208 g/mol. The van der Waals surface area contributed by atoms with E-state index in [4.69, 9.17) is 5.73 Å². The average molecular weight is 208 g/mol. The van der Waals surface area contributed by atoms with Crippen molar-refractivity contribution in [2.45, 2.75) is 31.8 Å². The summed E-state index contributed by atoms with van der Waals surface area (Å²) in [6.45, 7) is 2.44. The summed E-state index contributed by atoms with van der Waals surface area (Å²) in [5, 5.41) is 13.0. The summed E-state index contributed by atoms with van der Waals surface area (Å²) in [6, 6.07) is 0. The fraction of sp³-hybridized carbons (Fsp3) is 0.600. The number of nitrogens with one attached hydrogen (secondary N) is 1. The van der Waals surface area contributed by atoms with Crippen LogP contribution in [0.25, 0.3) is 0 Å². The lowest BCUT2D eigenvalue weighted by Gasteiger charge is -2.36. The maximum atomic E-state index is 9.89. The van der Waals surface area contributed by atoms with Gasteiger partial charge >= 0.3 is 0 Å². The Morgan fingerprint density at radius 2 is 2.33 bits per heavy atom. The van der Waals surface area contributed by atoms with Gasteiger partial charge in [-0.1, -0.05) is 0 Å². The summed E-state index contributed by atoms with van der Waals surface area (Å²) in [7, 11) is 0.